The molecule has 5 nitrogen and oxygen atoms in total. The number of halogens is 1. The first kappa shape index (κ1) is 19.2. The van der Waals surface area contributed by atoms with E-state index >= 15 is 0 Å². The van der Waals surface area contributed by atoms with Gasteiger partial charge in [0.05, 0.1) is 5.69 Å². The van der Waals surface area contributed by atoms with E-state index in [9.17, 15) is 9.59 Å². The highest BCUT2D eigenvalue weighted by Gasteiger charge is 2.11. The number of aromatic nitrogens is 1. The fourth-order valence-electron chi connectivity index (χ4n) is 2.34. The molecule has 25 heavy (non-hydrogen) atoms. The van der Waals surface area contributed by atoms with E-state index in [1.165, 1.54) is 6.07 Å². The van der Waals surface area contributed by atoms with Gasteiger partial charge in [0.15, 0.2) is 12.4 Å². The summed E-state index contributed by atoms with van der Waals surface area (Å²) in [7, 11) is 0. The zero-order chi connectivity index (χ0) is 18.4. The lowest BCUT2D eigenvalue weighted by molar-refractivity contribution is -0.118. The van der Waals surface area contributed by atoms with Crippen LogP contribution in [0.4, 0.5) is 5.69 Å². The molecule has 1 heterocycles. The van der Waals surface area contributed by atoms with E-state index in [1.54, 1.807) is 18.3 Å². The van der Waals surface area contributed by atoms with Gasteiger partial charge in [-0.2, -0.15) is 0 Å². The van der Waals surface area contributed by atoms with Gasteiger partial charge in [0.1, 0.15) is 0 Å². The number of carbonyl (C=O) groups excluding carboxylic acids is 1. The molecule has 0 radical (unpaired) electrons. The first-order valence-electron chi connectivity index (χ1n) is 8.25. The van der Waals surface area contributed by atoms with Gasteiger partial charge in [-0.1, -0.05) is 29.8 Å². The zero-order valence-corrected chi connectivity index (χ0v) is 16.3. The number of ether oxygens (including phenoxy) is 1. The van der Waals surface area contributed by atoms with E-state index in [4.69, 9.17) is 4.74 Å². The quantitative estimate of drug-likeness (QED) is 0.755. The fraction of sp³-hybridized carbons (Fsp3) is 0.368. The monoisotopic (exact) mass is 406 g/mol. The third-order valence-electron chi connectivity index (χ3n) is 3.81. The van der Waals surface area contributed by atoms with Crippen molar-refractivity contribution < 1.29 is 9.53 Å². The average Bonchev–Trinajstić information content (AvgIpc) is 2.56. The standard InChI is InChI=1S/C19H23BrN2O3/c1-13(2)8-10-22-11-9-17(23)19(14(22)3)25-12-18(24)21-16-6-4-15(20)5-7-16/h4-7,9,11,13H,8,10,12H2,1-3H3,(H,21,24). The molecule has 1 N–H and O–H groups in total. The molecule has 1 aromatic heterocycles. The fourth-order valence-corrected chi connectivity index (χ4v) is 2.60. The Balaban J connectivity index is 2.01. The summed E-state index contributed by atoms with van der Waals surface area (Å²) < 4.78 is 8.44. The molecule has 1 aromatic carbocycles. The van der Waals surface area contributed by atoms with Crippen molar-refractivity contribution in [1.82, 2.24) is 4.57 Å². The van der Waals surface area contributed by atoms with Crippen molar-refractivity contribution in [2.45, 2.75) is 33.7 Å². The predicted molar refractivity (Wildman–Crippen MR) is 103 cm³/mol. The van der Waals surface area contributed by atoms with E-state index in [0.717, 1.165) is 23.1 Å². The second-order valence-corrected chi connectivity index (χ2v) is 7.23. The summed E-state index contributed by atoms with van der Waals surface area (Å²) in [6, 6.07) is 8.73. The Labute approximate surface area is 156 Å². The van der Waals surface area contributed by atoms with Crippen LogP contribution in [0.5, 0.6) is 5.75 Å². The van der Waals surface area contributed by atoms with Crippen molar-refractivity contribution in [3.05, 3.63) is 56.9 Å². The Morgan fingerprint density at radius 1 is 1.24 bits per heavy atom. The van der Waals surface area contributed by atoms with Gasteiger partial charge in [-0.05, 0) is 43.5 Å². The molecule has 134 valence electrons. The van der Waals surface area contributed by atoms with Crippen LogP contribution in [0.1, 0.15) is 26.0 Å². The van der Waals surface area contributed by atoms with Crippen molar-refractivity contribution in [1.29, 1.82) is 0 Å². The van der Waals surface area contributed by atoms with Gasteiger partial charge < -0.3 is 14.6 Å². The van der Waals surface area contributed by atoms with E-state index in [2.05, 4.69) is 35.1 Å². The molecule has 0 unspecified atom stereocenters. The molecule has 0 aliphatic rings. The first-order valence-corrected chi connectivity index (χ1v) is 9.04. The molecule has 0 bridgehead atoms. The minimum atomic E-state index is -0.307. The van der Waals surface area contributed by atoms with Gasteiger partial charge in [0.2, 0.25) is 5.43 Å². The van der Waals surface area contributed by atoms with Gasteiger partial charge in [-0.25, -0.2) is 0 Å². The molecule has 2 aromatic rings. The van der Waals surface area contributed by atoms with E-state index in [0.29, 0.717) is 11.6 Å². The number of hydrogen-bond acceptors (Lipinski definition) is 3. The third-order valence-corrected chi connectivity index (χ3v) is 4.34. The number of pyridine rings is 1. The third kappa shape index (κ3) is 5.74. The number of amides is 1. The molecule has 1 amide bonds. The molecule has 2 rings (SSSR count). The zero-order valence-electron chi connectivity index (χ0n) is 14.7. The SMILES string of the molecule is Cc1c(OCC(=O)Nc2ccc(Br)cc2)c(=O)ccn1CCC(C)C. The summed E-state index contributed by atoms with van der Waals surface area (Å²) in [5.74, 6) is 0.496. The second kappa shape index (κ2) is 8.85. The van der Waals surface area contributed by atoms with Crippen LogP contribution < -0.4 is 15.5 Å². The van der Waals surface area contributed by atoms with Crippen LogP contribution in [0.2, 0.25) is 0 Å². The van der Waals surface area contributed by atoms with E-state index < -0.39 is 0 Å². The van der Waals surface area contributed by atoms with Crippen LogP contribution in [0.25, 0.3) is 0 Å². The lowest BCUT2D eigenvalue weighted by Gasteiger charge is -2.15. The number of rotatable bonds is 7. The normalized spacial score (nSPS) is 10.8. The summed E-state index contributed by atoms with van der Waals surface area (Å²) in [6.45, 7) is 6.75. The van der Waals surface area contributed by atoms with Gasteiger partial charge in [0.25, 0.3) is 5.91 Å². The minimum Gasteiger partial charge on any atom is -0.478 e. The maximum Gasteiger partial charge on any atom is 0.262 e. The number of benzene rings is 1. The molecule has 0 atom stereocenters. The van der Waals surface area contributed by atoms with Gasteiger partial charge in [0, 0.05) is 29.0 Å². The molecule has 0 saturated carbocycles. The van der Waals surface area contributed by atoms with Gasteiger partial charge in [-0.3, -0.25) is 9.59 Å². The Morgan fingerprint density at radius 2 is 1.92 bits per heavy atom. The summed E-state index contributed by atoms with van der Waals surface area (Å²) in [6.07, 6.45) is 2.78. The smallest absolute Gasteiger partial charge is 0.262 e. The van der Waals surface area contributed by atoms with Crippen molar-refractivity contribution in [3.8, 4) is 5.75 Å². The van der Waals surface area contributed by atoms with E-state index in [1.807, 2.05) is 23.6 Å². The van der Waals surface area contributed by atoms with Gasteiger partial charge in [-0.15, -0.1) is 0 Å². The summed E-state index contributed by atoms with van der Waals surface area (Å²) in [5, 5.41) is 2.74. The van der Waals surface area contributed by atoms with Crippen molar-refractivity contribution in [3.63, 3.8) is 0 Å². The Hall–Kier alpha value is -2.08. The topological polar surface area (TPSA) is 60.3 Å². The summed E-state index contributed by atoms with van der Waals surface area (Å²) in [5.41, 5.74) is 1.20. The molecular weight excluding hydrogens is 384 g/mol. The molecule has 0 saturated heterocycles. The maximum atomic E-state index is 12.1. The van der Waals surface area contributed by atoms with Crippen molar-refractivity contribution in [2.24, 2.45) is 5.92 Å². The minimum absolute atomic E-state index is 0.208. The lowest BCUT2D eigenvalue weighted by atomic mass is 10.1. The van der Waals surface area contributed by atoms with E-state index in [-0.39, 0.29) is 23.7 Å². The molecule has 6 heteroatoms. The number of carbonyl (C=O) groups is 1. The number of nitrogens with one attached hydrogen (secondary N) is 1. The van der Waals surface area contributed by atoms with Crippen LogP contribution in [-0.2, 0) is 11.3 Å². The Bertz CT molecular complexity index is 782. The molecule has 0 spiro atoms. The highest BCUT2D eigenvalue weighted by Crippen LogP contribution is 2.15. The second-order valence-electron chi connectivity index (χ2n) is 6.31. The summed E-state index contributed by atoms with van der Waals surface area (Å²) in [4.78, 5) is 24.1. The molecular formula is C19H23BrN2O3. The Morgan fingerprint density at radius 3 is 2.56 bits per heavy atom. The number of nitrogens with zero attached hydrogens (tertiary/aromatic N) is 1. The largest absolute Gasteiger partial charge is 0.478 e. The van der Waals surface area contributed by atoms with Crippen LogP contribution in [0, 0.1) is 12.8 Å². The first-order chi connectivity index (χ1) is 11.9. The molecule has 0 aliphatic heterocycles. The maximum absolute atomic E-state index is 12.1. The highest BCUT2D eigenvalue weighted by atomic mass is 79.9. The average molecular weight is 407 g/mol. The number of aryl methyl sites for hydroxylation is 1. The number of anilines is 1. The number of hydrogen-bond donors (Lipinski definition) is 1. The van der Waals surface area contributed by atoms with Gasteiger partial charge >= 0.3 is 0 Å². The van der Waals surface area contributed by atoms with Crippen LogP contribution in [-0.4, -0.2) is 17.1 Å². The van der Waals surface area contributed by atoms with Crippen LogP contribution in [0.3, 0.4) is 0 Å². The highest BCUT2D eigenvalue weighted by molar-refractivity contribution is 9.10. The molecule has 0 fully saturated rings. The summed E-state index contributed by atoms with van der Waals surface area (Å²) >= 11 is 3.34. The predicted octanol–water partition coefficient (Wildman–Crippen LogP) is 3.98. The Kier molecular flexibility index (Phi) is 6.82. The molecule has 0 aliphatic carbocycles. The van der Waals surface area contributed by atoms with Crippen LogP contribution >= 0.6 is 15.9 Å². The lowest BCUT2D eigenvalue weighted by Crippen LogP contribution is -2.23. The van der Waals surface area contributed by atoms with Crippen LogP contribution in [0.15, 0.2) is 45.8 Å². The van der Waals surface area contributed by atoms with Crippen molar-refractivity contribution in [2.75, 3.05) is 11.9 Å². The van der Waals surface area contributed by atoms with Crippen molar-refractivity contribution >= 4 is 27.5 Å².